The lowest BCUT2D eigenvalue weighted by Gasteiger charge is -2.16. The SMILES string of the molecule is CN(C)c1ccc(OC(=O)N2CCCC2)cc1. The molecule has 0 bridgehead atoms. The highest BCUT2D eigenvalue weighted by Crippen LogP contribution is 2.19. The summed E-state index contributed by atoms with van der Waals surface area (Å²) in [5, 5.41) is 0. The summed E-state index contributed by atoms with van der Waals surface area (Å²) >= 11 is 0. The standard InChI is InChI=1S/C13H18N2O2/c1-14(2)11-5-7-12(8-6-11)17-13(16)15-9-3-4-10-15/h5-8H,3-4,9-10H2,1-2H3. The number of hydrogen-bond donors (Lipinski definition) is 0. The molecule has 1 fully saturated rings. The first-order valence-electron chi connectivity index (χ1n) is 5.91. The summed E-state index contributed by atoms with van der Waals surface area (Å²) in [5.74, 6) is 0.604. The Hall–Kier alpha value is -1.71. The van der Waals surface area contributed by atoms with E-state index in [1.807, 2.05) is 43.3 Å². The molecule has 1 aromatic carbocycles. The molecule has 0 N–H and O–H groups in total. The molecule has 1 saturated heterocycles. The number of carbonyl (C=O) groups excluding carboxylic acids is 1. The molecule has 0 unspecified atom stereocenters. The Morgan fingerprint density at radius 1 is 1.18 bits per heavy atom. The fourth-order valence-electron chi connectivity index (χ4n) is 1.88. The fraction of sp³-hybridized carbons (Fsp3) is 0.462. The summed E-state index contributed by atoms with van der Waals surface area (Å²) in [6.07, 6.45) is 1.92. The number of ether oxygens (including phenoxy) is 1. The van der Waals surface area contributed by atoms with Crippen LogP contribution in [0.4, 0.5) is 10.5 Å². The van der Waals surface area contributed by atoms with Gasteiger partial charge in [-0.25, -0.2) is 4.79 Å². The minimum absolute atomic E-state index is 0.236. The van der Waals surface area contributed by atoms with Crippen LogP contribution in [0.1, 0.15) is 12.8 Å². The third-order valence-corrected chi connectivity index (χ3v) is 2.92. The van der Waals surface area contributed by atoms with E-state index >= 15 is 0 Å². The summed E-state index contributed by atoms with van der Waals surface area (Å²) in [6.45, 7) is 1.63. The second-order valence-electron chi connectivity index (χ2n) is 4.45. The molecule has 1 heterocycles. The van der Waals surface area contributed by atoms with Crippen LogP contribution in [0.2, 0.25) is 0 Å². The topological polar surface area (TPSA) is 32.8 Å². The second-order valence-corrected chi connectivity index (χ2v) is 4.45. The molecule has 4 heteroatoms. The predicted molar refractivity (Wildman–Crippen MR) is 67.6 cm³/mol. The van der Waals surface area contributed by atoms with Gasteiger partial charge < -0.3 is 14.5 Å². The third-order valence-electron chi connectivity index (χ3n) is 2.92. The van der Waals surface area contributed by atoms with E-state index < -0.39 is 0 Å². The number of benzene rings is 1. The van der Waals surface area contributed by atoms with Gasteiger partial charge in [-0.3, -0.25) is 0 Å². The van der Waals surface area contributed by atoms with Crippen LogP contribution in [0.15, 0.2) is 24.3 Å². The van der Waals surface area contributed by atoms with Gasteiger partial charge in [0.2, 0.25) is 0 Å². The van der Waals surface area contributed by atoms with E-state index in [2.05, 4.69) is 0 Å². The minimum Gasteiger partial charge on any atom is -0.410 e. The van der Waals surface area contributed by atoms with E-state index in [1.54, 1.807) is 4.90 Å². The highest BCUT2D eigenvalue weighted by molar-refractivity contribution is 5.71. The van der Waals surface area contributed by atoms with Crippen LogP contribution in [0, 0.1) is 0 Å². The Balaban J connectivity index is 1.96. The highest BCUT2D eigenvalue weighted by Gasteiger charge is 2.19. The number of anilines is 1. The zero-order valence-corrected chi connectivity index (χ0v) is 10.3. The molecule has 1 aromatic rings. The lowest BCUT2D eigenvalue weighted by atomic mass is 10.3. The summed E-state index contributed by atoms with van der Waals surface area (Å²) in [5.41, 5.74) is 1.09. The molecule has 0 radical (unpaired) electrons. The van der Waals surface area contributed by atoms with E-state index in [9.17, 15) is 4.79 Å². The maximum atomic E-state index is 11.7. The number of likely N-dealkylation sites (tertiary alicyclic amines) is 1. The Bertz CT molecular complexity index is 381. The van der Waals surface area contributed by atoms with Gasteiger partial charge >= 0.3 is 6.09 Å². The molecular weight excluding hydrogens is 216 g/mol. The first-order chi connectivity index (χ1) is 8.16. The summed E-state index contributed by atoms with van der Waals surface area (Å²) in [4.78, 5) is 15.5. The van der Waals surface area contributed by atoms with Gasteiger partial charge in [-0.1, -0.05) is 0 Å². The first-order valence-corrected chi connectivity index (χ1v) is 5.91. The number of rotatable bonds is 2. The van der Waals surface area contributed by atoms with Crippen molar-refractivity contribution in [1.82, 2.24) is 4.90 Å². The van der Waals surface area contributed by atoms with Crippen molar-refractivity contribution in [1.29, 1.82) is 0 Å². The smallest absolute Gasteiger partial charge is 0.410 e. The maximum Gasteiger partial charge on any atom is 0.415 e. The van der Waals surface area contributed by atoms with Gasteiger partial charge in [0.05, 0.1) is 0 Å². The van der Waals surface area contributed by atoms with Crippen molar-refractivity contribution in [3.63, 3.8) is 0 Å². The van der Waals surface area contributed by atoms with Gasteiger partial charge in [-0.05, 0) is 37.1 Å². The average Bonchev–Trinajstić information content (AvgIpc) is 2.83. The monoisotopic (exact) mass is 234 g/mol. The zero-order chi connectivity index (χ0) is 12.3. The van der Waals surface area contributed by atoms with Crippen molar-refractivity contribution >= 4 is 11.8 Å². The van der Waals surface area contributed by atoms with E-state index in [-0.39, 0.29) is 6.09 Å². The van der Waals surface area contributed by atoms with Gasteiger partial charge in [0.15, 0.2) is 0 Å². The molecule has 4 nitrogen and oxygen atoms in total. The van der Waals surface area contributed by atoms with Crippen molar-refractivity contribution in [3.05, 3.63) is 24.3 Å². The van der Waals surface area contributed by atoms with Gasteiger partial charge in [0, 0.05) is 32.9 Å². The Morgan fingerprint density at radius 3 is 2.29 bits per heavy atom. The number of nitrogens with zero attached hydrogens (tertiary/aromatic N) is 2. The van der Waals surface area contributed by atoms with Gasteiger partial charge in [0.1, 0.15) is 5.75 Å². The van der Waals surface area contributed by atoms with Crippen molar-refractivity contribution in [2.24, 2.45) is 0 Å². The number of carbonyl (C=O) groups is 1. The average molecular weight is 234 g/mol. The van der Waals surface area contributed by atoms with Crippen molar-refractivity contribution < 1.29 is 9.53 Å². The summed E-state index contributed by atoms with van der Waals surface area (Å²) in [7, 11) is 3.95. The van der Waals surface area contributed by atoms with Crippen molar-refractivity contribution in [2.45, 2.75) is 12.8 Å². The zero-order valence-electron chi connectivity index (χ0n) is 10.3. The van der Waals surface area contributed by atoms with E-state index in [0.29, 0.717) is 5.75 Å². The van der Waals surface area contributed by atoms with Crippen LogP contribution in [0.5, 0.6) is 5.75 Å². The molecular formula is C13H18N2O2. The predicted octanol–water partition coefficient (Wildman–Crippen LogP) is 2.35. The molecule has 17 heavy (non-hydrogen) atoms. The first kappa shape index (κ1) is 11.8. The molecule has 1 aliphatic rings. The normalized spacial score (nSPS) is 14.8. The van der Waals surface area contributed by atoms with Gasteiger partial charge in [-0.2, -0.15) is 0 Å². The Labute approximate surface area is 102 Å². The lowest BCUT2D eigenvalue weighted by Crippen LogP contribution is -2.30. The van der Waals surface area contributed by atoms with E-state index in [4.69, 9.17) is 4.74 Å². The van der Waals surface area contributed by atoms with Crippen LogP contribution >= 0.6 is 0 Å². The molecule has 0 saturated carbocycles. The van der Waals surface area contributed by atoms with Crippen molar-refractivity contribution in [3.8, 4) is 5.75 Å². The molecule has 92 valence electrons. The minimum atomic E-state index is -0.236. The molecule has 0 aliphatic carbocycles. The van der Waals surface area contributed by atoms with Crippen LogP contribution in [-0.4, -0.2) is 38.2 Å². The fourth-order valence-corrected chi connectivity index (χ4v) is 1.88. The quantitative estimate of drug-likeness (QED) is 0.787. The Kier molecular flexibility index (Phi) is 3.52. The summed E-state index contributed by atoms with van der Waals surface area (Å²) < 4.78 is 5.30. The van der Waals surface area contributed by atoms with Crippen LogP contribution in [-0.2, 0) is 0 Å². The lowest BCUT2D eigenvalue weighted by molar-refractivity contribution is 0.163. The molecule has 1 amide bonds. The third kappa shape index (κ3) is 2.90. The van der Waals surface area contributed by atoms with Crippen LogP contribution in [0.25, 0.3) is 0 Å². The van der Waals surface area contributed by atoms with Crippen LogP contribution in [0.3, 0.4) is 0 Å². The van der Waals surface area contributed by atoms with Crippen LogP contribution < -0.4 is 9.64 Å². The molecule has 1 aliphatic heterocycles. The number of amides is 1. The number of hydrogen-bond acceptors (Lipinski definition) is 3. The Morgan fingerprint density at radius 2 is 1.76 bits per heavy atom. The summed E-state index contributed by atoms with van der Waals surface area (Å²) in [6, 6.07) is 7.52. The molecule has 0 spiro atoms. The van der Waals surface area contributed by atoms with E-state index in [0.717, 1.165) is 31.6 Å². The second kappa shape index (κ2) is 5.08. The van der Waals surface area contributed by atoms with E-state index in [1.165, 1.54) is 0 Å². The van der Waals surface area contributed by atoms with Gasteiger partial charge in [0.25, 0.3) is 0 Å². The van der Waals surface area contributed by atoms with Gasteiger partial charge in [-0.15, -0.1) is 0 Å². The molecule has 0 atom stereocenters. The molecule has 2 rings (SSSR count). The maximum absolute atomic E-state index is 11.7. The highest BCUT2D eigenvalue weighted by atomic mass is 16.6. The largest absolute Gasteiger partial charge is 0.415 e. The molecule has 0 aromatic heterocycles. The van der Waals surface area contributed by atoms with Crippen molar-refractivity contribution in [2.75, 3.05) is 32.1 Å².